The number of rotatable bonds is 8. The van der Waals surface area contributed by atoms with Gasteiger partial charge in [-0.2, -0.15) is 0 Å². The molecule has 0 fully saturated rings. The number of alkyl halides is 3. The third kappa shape index (κ3) is 11.4. The standard InChI is InChI=1S/C13H17Cl3N2O4/c1-9(5-6-17)10(19)3-2-4-11(20)18-7-12(21)22-8-13(14,15)16/h2,4-6,10,19H,1,3,7-8,17H2,(H,18,20)/b4-2+,6-5+. The van der Waals surface area contributed by atoms with Crippen LogP contribution in [-0.4, -0.2) is 40.0 Å². The highest BCUT2D eigenvalue weighted by Crippen LogP contribution is 2.25. The first-order valence-corrected chi connectivity index (χ1v) is 7.21. The van der Waals surface area contributed by atoms with Gasteiger partial charge in [-0.15, -0.1) is 0 Å². The zero-order chi connectivity index (χ0) is 17.2. The maximum atomic E-state index is 11.4. The predicted octanol–water partition coefficient (Wildman–Crippen LogP) is 1.35. The zero-order valence-corrected chi connectivity index (χ0v) is 13.9. The monoisotopic (exact) mass is 370 g/mol. The van der Waals surface area contributed by atoms with Crippen molar-refractivity contribution < 1.29 is 19.4 Å². The van der Waals surface area contributed by atoms with Gasteiger partial charge in [0.15, 0.2) is 0 Å². The molecule has 0 spiro atoms. The van der Waals surface area contributed by atoms with Crippen molar-refractivity contribution in [3.63, 3.8) is 0 Å². The molecule has 0 aliphatic heterocycles. The van der Waals surface area contributed by atoms with E-state index in [9.17, 15) is 14.7 Å². The van der Waals surface area contributed by atoms with Crippen LogP contribution in [0.1, 0.15) is 6.42 Å². The van der Waals surface area contributed by atoms with Crippen molar-refractivity contribution in [3.8, 4) is 0 Å². The number of carbonyl (C=O) groups is 2. The Balaban J connectivity index is 4.01. The Kier molecular flexibility index (Phi) is 9.93. The average Bonchev–Trinajstić information content (AvgIpc) is 2.42. The fourth-order valence-corrected chi connectivity index (χ4v) is 1.29. The van der Waals surface area contributed by atoms with Crippen LogP contribution in [0, 0.1) is 0 Å². The Hall–Kier alpha value is -1.21. The molecule has 0 radical (unpaired) electrons. The smallest absolute Gasteiger partial charge is 0.325 e. The van der Waals surface area contributed by atoms with E-state index in [1.54, 1.807) is 0 Å². The first-order chi connectivity index (χ1) is 10.2. The van der Waals surface area contributed by atoms with E-state index >= 15 is 0 Å². The summed E-state index contributed by atoms with van der Waals surface area (Å²) in [7, 11) is 0. The second-order valence-corrected chi connectivity index (χ2v) is 6.60. The number of amides is 1. The van der Waals surface area contributed by atoms with Crippen molar-refractivity contribution >= 4 is 46.7 Å². The summed E-state index contributed by atoms with van der Waals surface area (Å²) in [6.07, 6.45) is 4.64. The predicted molar refractivity (Wildman–Crippen MR) is 86.5 cm³/mol. The molecule has 0 aromatic rings. The van der Waals surface area contributed by atoms with Crippen LogP contribution in [0.2, 0.25) is 0 Å². The maximum absolute atomic E-state index is 11.4. The third-order valence-electron chi connectivity index (χ3n) is 2.17. The molecule has 9 heteroatoms. The van der Waals surface area contributed by atoms with Crippen molar-refractivity contribution in [2.45, 2.75) is 16.3 Å². The largest absolute Gasteiger partial charge is 0.460 e. The SMILES string of the molecule is C=C(/C=C/N)C(O)C/C=C/C(=O)NCC(=O)OCC(Cl)(Cl)Cl. The van der Waals surface area contributed by atoms with Gasteiger partial charge in [-0.3, -0.25) is 9.59 Å². The van der Waals surface area contributed by atoms with E-state index in [2.05, 4.69) is 16.6 Å². The van der Waals surface area contributed by atoms with Crippen LogP contribution < -0.4 is 11.1 Å². The first kappa shape index (κ1) is 20.8. The van der Waals surface area contributed by atoms with Gasteiger partial charge in [0.2, 0.25) is 9.70 Å². The van der Waals surface area contributed by atoms with Gasteiger partial charge in [0.1, 0.15) is 13.2 Å². The number of esters is 1. The highest BCUT2D eigenvalue weighted by Gasteiger charge is 2.22. The van der Waals surface area contributed by atoms with Crippen LogP contribution in [0.15, 0.2) is 36.6 Å². The number of halogens is 3. The third-order valence-corrected chi connectivity index (χ3v) is 2.50. The maximum Gasteiger partial charge on any atom is 0.325 e. The minimum atomic E-state index is -1.70. The molecule has 0 bridgehead atoms. The summed E-state index contributed by atoms with van der Waals surface area (Å²) in [4.78, 5) is 22.6. The van der Waals surface area contributed by atoms with E-state index in [0.717, 1.165) is 0 Å². The summed E-state index contributed by atoms with van der Waals surface area (Å²) in [5.41, 5.74) is 5.58. The summed E-state index contributed by atoms with van der Waals surface area (Å²) in [5, 5.41) is 11.9. The Labute approximate surface area is 143 Å². The van der Waals surface area contributed by atoms with Crippen molar-refractivity contribution in [1.82, 2.24) is 5.32 Å². The van der Waals surface area contributed by atoms with Crippen LogP contribution in [-0.2, 0) is 14.3 Å². The Morgan fingerprint density at radius 1 is 1.36 bits per heavy atom. The molecule has 1 unspecified atom stereocenters. The quantitative estimate of drug-likeness (QED) is 0.259. The molecule has 1 amide bonds. The van der Waals surface area contributed by atoms with Gasteiger partial charge < -0.3 is 20.9 Å². The normalized spacial score (nSPS) is 13.3. The summed E-state index contributed by atoms with van der Waals surface area (Å²) in [6, 6.07) is 0. The Bertz CT molecular complexity index is 459. The summed E-state index contributed by atoms with van der Waals surface area (Å²) >= 11 is 16.2. The summed E-state index contributed by atoms with van der Waals surface area (Å²) in [6.45, 7) is 2.82. The van der Waals surface area contributed by atoms with E-state index in [1.807, 2.05) is 0 Å². The minimum Gasteiger partial charge on any atom is -0.460 e. The number of carbonyl (C=O) groups excluding carboxylic acids is 2. The lowest BCUT2D eigenvalue weighted by Gasteiger charge is -2.11. The van der Waals surface area contributed by atoms with Crippen LogP contribution in [0.25, 0.3) is 0 Å². The van der Waals surface area contributed by atoms with Crippen molar-refractivity contribution in [2.75, 3.05) is 13.2 Å². The topological polar surface area (TPSA) is 102 Å². The number of aliphatic hydroxyl groups is 1. The number of nitrogens with two attached hydrogens (primary N) is 1. The average molecular weight is 372 g/mol. The van der Waals surface area contributed by atoms with E-state index in [0.29, 0.717) is 5.57 Å². The lowest BCUT2D eigenvalue weighted by Crippen LogP contribution is -2.31. The fraction of sp³-hybridized carbons (Fsp3) is 0.385. The lowest BCUT2D eigenvalue weighted by atomic mass is 10.1. The minimum absolute atomic E-state index is 0.175. The summed E-state index contributed by atoms with van der Waals surface area (Å²) in [5.74, 6) is -1.27. The van der Waals surface area contributed by atoms with Gasteiger partial charge in [0.25, 0.3) is 0 Å². The van der Waals surface area contributed by atoms with Gasteiger partial charge in [0.05, 0.1) is 6.10 Å². The van der Waals surface area contributed by atoms with Gasteiger partial charge in [-0.25, -0.2) is 0 Å². The Morgan fingerprint density at radius 3 is 2.55 bits per heavy atom. The lowest BCUT2D eigenvalue weighted by molar-refractivity contribution is -0.143. The zero-order valence-electron chi connectivity index (χ0n) is 11.6. The number of nitrogens with one attached hydrogen (secondary N) is 1. The molecule has 0 aromatic carbocycles. The molecule has 0 saturated carbocycles. The van der Waals surface area contributed by atoms with Crippen molar-refractivity contribution in [3.05, 3.63) is 36.6 Å². The van der Waals surface area contributed by atoms with Crippen molar-refractivity contribution in [2.24, 2.45) is 5.73 Å². The molecule has 0 saturated heterocycles. The molecular weight excluding hydrogens is 355 g/mol. The molecule has 1 atom stereocenters. The Morgan fingerprint density at radius 2 is 2.00 bits per heavy atom. The molecule has 4 N–H and O–H groups in total. The van der Waals surface area contributed by atoms with Gasteiger partial charge in [0, 0.05) is 0 Å². The molecule has 124 valence electrons. The second-order valence-electron chi connectivity index (χ2n) is 4.08. The van der Waals surface area contributed by atoms with E-state index in [4.69, 9.17) is 40.5 Å². The molecule has 0 rings (SSSR count). The molecule has 0 aliphatic rings. The molecule has 0 aromatic heterocycles. The highest BCUT2D eigenvalue weighted by atomic mass is 35.6. The summed E-state index contributed by atoms with van der Waals surface area (Å²) < 4.78 is 2.91. The van der Waals surface area contributed by atoms with Crippen LogP contribution in [0.3, 0.4) is 0 Å². The van der Waals surface area contributed by atoms with E-state index in [-0.39, 0.29) is 13.0 Å². The van der Waals surface area contributed by atoms with Crippen LogP contribution in [0.4, 0.5) is 0 Å². The first-order valence-electron chi connectivity index (χ1n) is 6.07. The number of aliphatic hydroxyl groups excluding tert-OH is 1. The number of hydrogen-bond donors (Lipinski definition) is 3. The molecule has 0 heterocycles. The van der Waals surface area contributed by atoms with Crippen LogP contribution >= 0.6 is 34.8 Å². The fourth-order valence-electron chi connectivity index (χ4n) is 1.12. The van der Waals surface area contributed by atoms with Crippen molar-refractivity contribution in [1.29, 1.82) is 0 Å². The van der Waals surface area contributed by atoms with E-state index < -0.39 is 28.4 Å². The van der Waals surface area contributed by atoms with Gasteiger partial charge >= 0.3 is 5.97 Å². The molecule has 6 nitrogen and oxygen atoms in total. The van der Waals surface area contributed by atoms with Gasteiger partial charge in [-0.1, -0.05) is 47.5 Å². The van der Waals surface area contributed by atoms with Crippen LogP contribution in [0.5, 0.6) is 0 Å². The number of ether oxygens (including phenoxy) is 1. The van der Waals surface area contributed by atoms with Gasteiger partial charge in [-0.05, 0) is 30.3 Å². The second kappa shape index (κ2) is 10.5. The molecule has 0 aliphatic carbocycles. The molecular formula is C13H17Cl3N2O4. The number of hydrogen-bond acceptors (Lipinski definition) is 5. The molecule has 22 heavy (non-hydrogen) atoms. The highest BCUT2D eigenvalue weighted by molar-refractivity contribution is 6.67. The van der Waals surface area contributed by atoms with E-state index in [1.165, 1.54) is 24.4 Å².